The van der Waals surface area contributed by atoms with E-state index in [9.17, 15) is 0 Å². The smallest absolute Gasteiger partial charge is 0.167 e. The number of hydrogen-bond acceptors (Lipinski definition) is 2. The Balaban J connectivity index is 1.50. The van der Waals surface area contributed by atoms with Crippen LogP contribution in [0.25, 0.3) is 0 Å². The van der Waals surface area contributed by atoms with Crippen molar-refractivity contribution >= 4 is 17.3 Å². The SMILES string of the molecule is COC1CCC2(CC1)Cc1ccc(C#CC3CCCC3)cc1C21CNC(=S)N1. The number of fused-ring (bicyclic) bond motifs is 3. The van der Waals surface area contributed by atoms with Crippen molar-refractivity contribution in [3.8, 4) is 11.8 Å². The highest BCUT2D eigenvalue weighted by atomic mass is 32.1. The van der Waals surface area contributed by atoms with Gasteiger partial charge in [-0.1, -0.05) is 30.7 Å². The summed E-state index contributed by atoms with van der Waals surface area (Å²) in [6.45, 7) is 0.885. The summed E-state index contributed by atoms with van der Waals surface area (Å²) in [6, 6.07) is 6.92. The van der Waals surface area contributed by atoms with Crippen molar-refractivity contribution in [1.82, 2.24) is 10.6 Å². The van der Waals surface area contributed by atoms with Crippen LogP contribution in [0.2, 0.25) is 0 Å². The summed E-state index contributed by atoms with van der Waals surface area (Å²) in [7, 11) is 1.85. The van der Waals surface area contributed by atoms with E-state index in [-0.39, 0.29) is 11.0 Å². The van der Waals surface area contributed by atoms with Gasteiger partial charge in [0, 0.05) is 30.6 Å². The maximum absolute atomic E-state index is 5.66. The van der Waals surface area contributed by atoms with E-state index in [2.05, 4.69) is 40.7 Å². The Hall–Kier alpha value is -1.57. The van der Waals surface area contributed by atoms with Crippen LogP contribution in [-0.2, 0) is 16.7 Å². The Morgan fingerprint density at radius 1 is 1.14 bits per heavy atom. The predicted octanol–water partition coefficient (Wildman–Crippen LogP) is 4.03. The molecule has 1 aromatic carbocycles. The van der Waals surface area contributed by atoms with Crippen LogP contribution in [-0.4, -0.2) is 24.9 Å². The lowest BCUT2D eigenvalue weighted by Crippen LogP contribution is -2.54. The maximum atomic E-state index is 5.66. The summed E-state index contributed by atoms with van der Waals surface area (Å²) in [4.78, 5) is 0. The highest BCUT2D eigenvalue weighted by Crippen LogP contribution is 2.58. The third kappa shape index (κ3) is 2.86. The van der Waals surface area contributed by atoms with Crippen molar-refractivity contribution in [3.05, 3.63) is 34.9 Å². The first kappa shape index (κ1) is 18.5. The van der Waals surface area contributed by atoms with Crippen molar-refractivity contribution < 1.29 is 4.74 Å². The molecule has 1 saturated heterocycles. The van der Waals surface area contributed by atoms with Gasteiger partial charge in [-0.05, 0) is 80.4 Å². The average molecular weight is 395 g/mol. The quantitative estimate of drug-likeness (QED) is 0.557. The fraction of sp³-hybridized carbons (Fsp3) is 0.625. The minimum Gasteiger partial charge on any atom is -0.381 e. The van der Waals surface area contributed by atoms with Gasteiger partial charge in [0.05, 0.1) is 11.6 Å². The minimum atomic E-state index is -0.0941. The molecule has 3 fully saturated rings. The summed E-state index contributed by atoms with van der Waals surface area (Å²) in [5.41, 5.74) is 4.18. The third-order valence-corrected chi connectivity index (χ3v) is 8.09. The molecule has 1 aromatic rings. The number of ether oxygens (including phenoxy) is 1. The van der Waals surface area contributed by atoms with E-state index < -0.39 is 0 Å². The van der Waals surface area contributed by atoms with Crippen LogP contribution >= 0.6 is 12.2 Å². The number of methoxy groups -OCH3 is 1. The van der Waals surface area contributed by atoms with Crippen molar-refractivity contribution in [1.29, 1.82) is 0 Å². The van der Waals surface area contributed by atoms with Gasteiger partial charge < -0.3 is 15.4 Å². The Labute approximate surface area is 174 Å². The molecule has 0 bridgehead atoms. The molecule has 3 nitrogen and oxygen atoms in total. The lowest BCUT2D eigenvalue weighted by atomic mass is 9.61. The molecule has 3 aliphatic carbocycles. The number of benzene rings is 1. The van der Waals surface area contributed by atoms with E-state index in [1.54, 1.807) is 0 Å². The molecule has 4 aliphatic rings. The molecule has 28 heavy (non-hydrogen) atoms. The Kier molecular flexibility index (Phi) is 4.64. The topological polar surface area (TPSA) is 33.3 Å². The molecule has 0 aromatic heterocycles. The molecular formula is C24H30N2OS. The molecule has 4 heteroatoms. The first-order chi connectivity index (χ1) is 13.6. The van der Waals surface area contributed by atoms with Crippen LogP contribution in [0.5, 0.6) is 0 Å². The normalized spacial score (nSPS) is 34.2. The molecule has 1 unspecified atom stereocenters. The predicted molar refractivity (Wildman–Crippen MR) is 116 cm³/mol. The fourth-order valence-electron chi connectivity index (χ4n) is 6.22. The van der Waals surface area contributed by atoms with Gasteiger partial charge in [-0.2, -0.15) is 0 Å². The van der Waals surface area contributed by atoms with E-state index in [1.807, 2.05) is 7.11 Å². The van der Waals surface area contributed by atoms with Gasteiger partial charge in [0.15, 0.2) is 5.11 Å². The van der Waals surface area contributed by atoms with Crippen LogP contribution < -0.4 is 10.6 Å². The monoisotopic (exact) mass is 394 g/mol. The summed E-state index contributed by atoms with van der Waals surface area (Å²) < 4.78 is 5.66. The van der Waals surface area contributed by atoms with Crippen LogP contribution in [0, 0.1) is 23.2 Å². The molecule has 1 aliphatic heterocycles. The van der Waals surface area contributed by atoms with Crippen LogP contribution in [0.3, 0.4) is 0 Å². The molecule has 2 N–H and O–H groups in total. The highest BCUT2D eigenvalue weighted by Gasteiger charge is 2.60. The van der Waals surface area contributed by atoms with E-state index in [0.29, 0.717) is 12.0 Å². The first-order valence-corrected chi connectivity index (χ1v) is 11.3. The zero-order valence-corrected chi connectivity index (χ0v) is 17.6. The number of hydrogen-bond donors (Lipinski definition) is 2. The summed E-state index contributed by atoms with van der Waals surface area (Å²) in [5, 5.41) is 7.97. The summed E-state index contributed by atoms with van der Waals surface area (Å²) >= 11 is 5.54. The molecular weight excluding hydrogens is 364 g/mol. The van der Waals surface area contributed by atoms with Gasteiger partial charge in [-0.15, -0.1) is 0 Å². The number of nitrogens with one attached hydrogen (secondary N) is 2. The molecule has 2 saturated carbocycles. The third-order valence-electron chi connectivity index (χ3n) is 7.84. The second kappa shape index (κ2) is 7.04. The largest absolute Gasteiger partial charge is 0.381 e. The first-order valence-electron chi connectivity index (χ1n) is 10.9. The molecule has 0 radical (unpaired) electrons. The molecule has 148 valence electrons. The second-order valence-electron chi connectivity index (χ2n) is 9.23. The number of thiocarbonyl (C=S) groups is 1. The van der Waals surface area contributed by atoms with Gasteiger partial charge in [-0.25, -0.2) is 0 Å². The van der Waals surface area contributed by atoms with E-state index >= 15 is 0 Å². The van der Waals surface area contributed by atoms with Crippen molar-refractivity contribution in [2.45, 2.75) is 69.4 Å². The number of rotatable bonds is 1. The fourth-order valence-corrected chi connectivity index (χ4v) is 6.47. The Morgan fingerprint density at radius 2 is 1.93 bits per heavy atom. The van der Waals surface area contributed by atoms with Gasteiger partial charge in [0.25, 0.3) is 0 Å². The lowest BCUT2D eigenvalue weighted by Gasteiger charge is -2.47. The van der Waals surface area contributed by atoms with Crippen molar-refractivity contribution in [2.24, 2.45) is 11.3 Å². The standard InChI is InChI=1S/C24H30N2OS/c1-27-20-10-12-23(13-11-20)15-19-9-8-18(7-6-17-4-2-3-5-17)14-21(19)24(23)16-25-22(28)26-24/h8-9,14,17,20H,2-5,10-13,15-16H2,1H3,(H2,25,26,28). The Morgan fingerprint density at radius 3 is 2.61 bits per heavy atom. The molecule has 0 amide bonds. The summed E-state index contributed by atoms with van der Waals surface area (Å²) in [6.07, 6.45) is 11.4. The van der Waals surface area contributed by atoms with Gasteiger partial charge in [0.1, 0.15) is 0 Å². The van der Waals surface area contributed by atoms with Crippen LogP contribution in [0.15, 0.2) is 18.2 Å². The molecule has 2 spiro atoms. The van der Waals surface area contributed by atoms with Gasteiger partial charge in [-0.3, -0.25) is 0 Å². The van der Waals surface area contributed by atoms with E-state index in [0.717, 1.165) is 36.5 Å². The van der Waals surface area contributed by atoms with Gasteiger partial charge in [0.2, 0.25) is 0 Å². The molecule has 1 heterocycles. The van der Waals surface area contributed by atoms with Crippen LogP contribution in [0.1, 0.15) is 68.1 Å². The Bertz CT molecular complexity index is 840. The lowest BCUT2D eigenvalue weighted by molar-refractivity contribution is -0.00493. The van der Waals surface area contributed by atoms with Crippen LogP contribution in [0.4, 0.5) is 0 Å². The second-order valence-corrected chi connectivity index (χ2v) is 9.64. The zero-order valence-electron chi connectivity index (χ0n) is 16.8. The maximum Gasteiger partial charge on any atom is 0.167 e. The van der Waals surface area contributed by atoms with Crippen molar-refractivity contribution in [2.75, 3.05) is 13.7 Å². The highest BCUT2D eigenvalue weighted by molar-refractivity contribution is 7.80. The molecule has 5 rings (SSSR count). The van der Waals surface area contributed by atoms with E-state index in [4.69, 9.17) is 17.0 Å². The minimum absolute atomic E-state index is 0.0941. The van der Waals surface area contributed by atoms with Crippen molar-refractivity contribution in [3.63, 3.8) is 0 Å². The van der Waals surface area contributed by atoms with Gasteiger partial charge >= 0.3 is 0 Å². The zero-order chi connectivity index (χ0) is 19.2. The molecule has 1 atom stereocenters. The summed E-state index contributed by atoms with van der Waals surface area (Å²) in [5.74, 6) is 7.62. The van der Waals surface area contributed by atoms with E-state index in [1.165, 1.54) is 49.7 Å². The average Bonchev–Trinajstić information content (AvgIpc) is 3.42.